The second kappa shape index (κ2) is 7.27. The molecule has 0 bridgehead atoms. The van der Waals surface area contributed by atoms with E-state index in [0.717, 1.165) is 11.0 Å². The number of benzene rings is 1. The van der Waals surface area contributed by atoms with E-state index >= 15 is 0 Å². The van der Waals surface area contributed by atoms with Crippen LogP contribution in [0.25, 0.3) is 0 Å². The Morgan fingerprint density at radius 1 is 1.37 bits per heavy atom. The second-order valence-corrected chi connectivity index (χ2v) is 6.21. The van der Waals surface area contributed by atoms with Crippen LogP contribution in [-0.2, 0) is 0 Å². The molecule has 19 heavy (non-hydrogen) atoms. The maximum absolute atomic E-state index is 12.5. The summed E-state index contributed by atoms with van der Waals surface area (Å²) < 4.78 is 0.819. The van der Waals surface area contributed by atoms with Crippen molar-refractivity contribution in [1.29, 1.82) is 0 Å². The zero-order valence-corrected chi connectivity index (χ0v) is 14.1. The number of carbonyl (C=O) groups excluding carboxylic acids is 1. The Bertz CT molecular complexity index is 431. The molecule has 0 spiro atoms. The number of halogens is 2. The Hall–Kier alpha value is -0.580. The molecule has 0 aliphatic rings. The topological polar surface area (TPSA) is 23.6 Å². The van der Waals surface area contributed by atoms with Crippen molar-refractivity contribution in [2.75, 3.05) is 27.2 Å². The summed E-state index contributed by atoms with van der Waals surface area (Å²) in [6, 6.07) is 5.45. The van der Waals surface area contributed by atoms with Crippen LogP contribution in [0.4, 0.5) is 0 Å². The molecule has 1 aromatic rings. The normalized spacial score (nSPS) is 12.6. The highest BCUT2D eigenvalue weighted by molar-refractivity contribution is 9.10. The van der Waals surface area contributed by atoms with Crippen LogP contribution in [0.5, 0.6) is 0 Å². The molecule has 106 valence electrons. The monoisotopic (exact) mass is 346 g/mol. The number of hydrogen-bond donors (Lipinski definition) is 0. The summed E-state index contributed by atoms with van der Waals surface area (Å²) in [5.41, 5.74) is 0.617. The summed E-state index contributed by atoms with van der Waals surface area (Å²) in [6.45, 7) is 5.56. The molecule has 1 atom stereocenters. The fourth-order valence-corrected chi connectivity index (χ4v) is 2.99. The molecular weight excluding hydrogens is 328 g/mol. The van der Waals surface area contributed by atoms with Gasteiger partial charge in [-0.1, -0.05) is 27.5 Å². The molecule has 0 N–H and O–H groups in total. The first-order chi connectivity index (χ1) is 8.85. The lowest BCUT2D eigenvalue weighted by molar-refractivity contribution is 0.0679. The van der Waals surface area contributed by atoms with Crippen LogP contribution in [0.1, 0.15) is 24.2 Å². The third-order valence-electron chi connectivity index (χ3n) is 2.87. The molecule has 1 unspecified atom stereocenters. The van der Waals surface area contributed by atoms with Crippen LogP contribution < -0.4 is 0 Å². The lowest BCUT2D eigenvalue weighted by Gasteiger charge is -2.30. The van der Waals surface area contributed by atoms with Gasteiger partial charge in [0.25, 0.3) is 5.91 Å². The van der Waals surface area contributed by atoms with E-state index in [-0.39, 0.29) is 11.9 Å². The maximum atomic E-state index is 12.5. The van der Waals surface area contributed by atoms with Gasteiger partial charge < -0.3 is 9.80 Å². The van der Waals surface area contributed by atoms with Crippen molar-refractivity contribution in [3.63, 3.8) is 0 Å². The Morgan fingerprint density at radius 2 is 2.00 bits per heavy atom. The standard InChI is InChI=1S/C14H20BrClN2O/c1-5-18(10(2)9-17(3)4)14(19)11-6-12(15)8-13(16)7-11/h6-8,10H,5,9H2,1-4H3. The maximum Gasteiger partial charge on any atom is 0.254 e. The molecule has 0 heterocycles. The van der Waals surface area contributed by atoms with Crippen LogP contribution in [0.2, 0.25) is 5.02 Å². The molecule has 3 nitrogen and oxygen atoms in total. The van der Waals surface area contributed by atoms with Crippen LogP contribution in [0, 0.1) is 0 Å². The van der Waals surface area contributed by atoms with Crippen molar-refractivity contribution in [3.8, 4) is 0 Å². The Kier molecular flexibility index (Phi) is 6.30. The van der Waals surface area contributed by atoms with E-state index in [9.17, 15) is 4.79 Å². The summed E-state index contributed by atoms with van der Waals surface area (Å²) in [6.07, 6.45) is 0. The molecule has 0 aliphatic carbocycles. The minimum absolute atomic E-state index is 0.0139. The largest absolute Gasteiger partial charge is 0.335 e. The average molecular weight is 348 g/mol. The molecule has 0 saturated heterocycles. The van der Waals surface area contributed by atoms with E-state index in [2.05, 4.69) is 27.8 Å². The van der Waals surface area contributed by atoms with E-state index < -0.39 is 0 Å². The van der Waals surface area contributed by atoms with Gasteiger partial charge in [0.2, 0.25) is 0 Å². The summed E-state index contributed by atoms with van der Waals surface area (Å²) >= 11 is 9.36. The van der Waals surface area contributed by atoms with Gasteiger partial charge in [0.05, 0.1) is 0 Å². The summed E-state index contributed by atoms with van der Waals surface area (Å²) in [5, 5.41) is 0.564. The van der Waals surface area contributed by atoms with Gasteiger partial charge in [0.1, 0.15) is 0 Å². The van der Waals surface area contributed by atoms with E-state index in [1.54, 1.807) is 18.2 Å². The molecular formula is C14H20BrClN2O. The molecule has 1 amide bonds. The number of carbonyl (C=O) groups is 1. The minimum atomic E-state index is 0.0139. The van der Waals surface area contributed by atoms with E-state index in [1.165, 1.54) is 0 Å². The van der Waals surface area contributed by atoms with Gasteiger partial charge in [-0.05, 0) is 46.1 Å². The Morgan fingerprint density at radius 3 is 2.47 bits per heavy atom. The van der Waals surface area contributed by atoms with Crippen LogP contribution in [0.15, 0.2) is 22.7 Å². The SMILES string of the molecule is CCN(C(=O)c1cc(Cl)cc(Br)c1)C(C)CN(C)C. The van der Waals surface area contributed by atoms with Crippen molar-refractivity contribution in [2.45, 2.75) is 19.9 Å². The number of nitrogens with zero attached hydrogens (tertiary/aromatic N) is 2. The first-order valence-corrected chi connectivity index (χ1v) is 7.44. The fraction of sp³-hybridized carbons (Fsp3) is 0.500. The molecule has 1 aromatic carbocycles. The van der Waals surface area contributed by atoms with Gasteiger partial charge in [-0.2, -0.15) is 0 Å². The van der Waals surface area contributed by atoms with Gasteiger partial charge in [0, 0.05) is 34.2 Å². The van der Waals surface area contributed by atoms with Crippen molar-refractivity contribution in [2.24, 2.45) is 0 Å². The number of likely N-dealkylation sites (N-methyl/N-ethyl adjacent to an activating group) is 2. The Balaban J connectivity index is 2.94. The highest BCUT2D eigenvalue weighted by atomic mass is 79.9. The predicted octanol–water partition coefficient (Wildman–Crippen LogP) is 3.51. The summed E-state index contributed by atoms with van der Waals surface area (Å²) in [5.74, 6) is 0.0139. The number of rotatable bonds is 5. The minimum Gasteiger partial charge on any atom is -0.335 e. The molecule has 1 rings (SSSR count). The molecule has 0 aliphatic heterocycles. The molecule has 0 radical (unpaired) electrons. The van der Waals surface area contributed by atoms with Crippen molar-refractivity contribution >= 4 is 33.4 Å². The van der Waals surface area contributed by atoms with Crippen LogP contribution in [-0.4, -0.2) is 48.9 Å². The second-order valence-electron chi connectivity index (χ2n) is 4.86. The third-order valence-corrected chi connectivity index (χ3v) is 3.55. The zero-order chi connectivity index (χ0) is 14.6. The van der Waals surface area contributed by atoms with Gasteiger partial charge in [-0.3, -0.25) is 4.79 Å². The van der Waals surface area contributed by atoms with E-state index in [4.69, 9.17) is 11.6 Å². The lowest BCUT2D eigenvalue weighted by Crippen LogP contribution is -2.43. The van der Waals surface area contributed by atoms with Crippen molar-refractivity contribution < 1.29 is 4.79 Å². The lowest BCUT2D eigenvalue weighted by atomic mass is 10.1. The molecule has 0 saturated carbocycles. The Labute approximate surface area is 128 Å². The quantitative estimate of drug-likeness (QED) is 0.813. The van der Waals surface area contributed by atoms with Crippen LogP contribution in [0.3, 0.4) is 0 Å². The van der Waals surface area contributed by atoms with Crippen molar-refractivity contribution in [1.82, 2.24) is 9.80 Å². The van der Waals surface area contributed by atoms with Gasteiger partial charge in [-0.15, -0.1) is 0 Å². The highest BCUT2D eigenvalue weighted by Crippen LogP contribution is 2.21. The summed E-state index contributed by atoms with van der Waals surface area (Å²) in [4.78, 5) is 16.5. The zero-order valence-electron chi connectivity index (χ0n) is 11.8. The number of amides is 1. The molecule has 0 fully saturated rings. The van der Waals surface area contributed by atoms with Crippen molar-refractivity contribution in [3.05, 3.63) is 33.3 Å². The molecule has 5 heteroatoms. The first-order valence-electron chi connectivity index (χ1n) is 6.27. The van der Waals surface area contributed by atoms with Crippen LogP contribution >= 0.6 is 27.5 Å². The predicted molar refractivity (Wildman–Crippen MR) is 83.9 cm³/mol. The third kappa shape index (κ3) is 4.79. The number of hydrogen-bond acceptors (Lipinski definition) is 2. The summed E-state index contributed by atoms with van der Waals surface area (Å²) in [7, 11) is 4.01. The van der Waals surface area contributed by atoms with E-state index in [1.807, 2.05) is 25.9 Å². The van der Waals surface area contributed by atoms with Gasteiger partial charge >= 0.3 is 0 Å². The smallest absolute Gasteiger partial charge is 0.254 e. The van der Waals surface area contributed by atoms with E-state index in [0.29, 0.717) is 17.1 Å². The van der Waals surface area contributed by atoms with Gasteiger partial charge in [0.15, 0.2) is 0 Å². The fourth-order valence-electron chi connectivity index (χ4n) is 2.13. The average Bonchev–Trinajstić information content (AvgIpc) is 2.27. The highest BCUT2D eigenvalue weighted by Gasteiger charge is 2.21. The van der Waals surface area contributed by atoms with Gasteiger partial charge in [-0.25, -0.2) is 0 Å². The molecule has 0 aromatic heterocycles. The first kappa shape index (κ1) is 16.5.